The quantitative estimate of drug-likeness (QED) is 0.785. The standard InChI is InChI=1S/C14H12BrN3OS/c15-11-6-7-20-14(11)8-13(19)12-9-16-18(17-12)10-4-2-1-3-5-10/h1-7,9,13,19H,8H2. The van der Waals surface area contributed by atoms with Crippen molar-refractivity contribution in [3.05, 3.63) is 63.0 Å². The van der Waals surface area contributed by atoms with E-state index in [-0.39, 0.29) is 0 Å². The summed E-state index contributed by atoms with van der Waals surface area (Å²) in [6, 6.07) is 11.6. The minimum atomic E-state index is -0.651. The van der Waals surface area contributed by atoms with Crippen LogP contribution in [0.5, 0.6) is 0 Å². The van der Waals surface area contributed by atoms with E-state index in [2.05, 4.69) is 26.1 Å². The molecule has 0 saturated carbocycles. The molecule has 0 saturated heterocycles. The van der Waals surface area contributed by atoms with Gasteiger partial charge >= 0.3 is 0 Å². The summed E-state index contributed by atoms with van der Waals surface area (Å²) in [4.78, 5) is 2.63. The second-order valence-corrected chi connectivity index (χ2v) is 6.16. The maximum Gasteiger partial charge on any atom is 0.112 e. The number of thiophene rings is 1. The molecular formula is C14H12BrN3OS. The summed E-state index contributed by atoms with van der Waals surface area (Å²) < 4.78 is 1.03. The Morgan fingerprint density at radius 1 is 1.25 bits per heavy atom. The Kier molecular flexibility index (Phi) is 3.95. The van der Waals surface area contributed by atoms with Crippen molar-refractivity contribution in [3.63, 3.8) is 0 Å². The first-order valence-corrected chi connectivity index (χ1v) is 7.79. The number of rotatable bonds is 4. The third-order valence-corrected chi connectivity index (χ3v) is 4.86. The number of aromatic nitrogens is 3. The molecule has 0 aliphatic rings. The molecule has 1 N–H and O–H groups in total. The highest BCUT2D eigenvalue weighted by molar-refractivity contribution is 9.10. The minimum Gasteiger partial charge on any atom is -0.386 e. The van der Waals surface area contributed by atoms with Crippen LogP contribution in [-0.4, -0.2) is 20.1 Å². The van der Waals surface area contributed by atoms with E-state index in [4.69, 9.17) is 0 Å². The molecule has 0 aliphatic heterocycles. The van der Waals surface area contributed by atoms with Gasteiger partial charge in [0.1, 0.15) is 11.8 Å². The first-order valence-electron chi connectivity index (χ1n) is 6.11. The Morgan fingerprint density at radius 2 is 2.05 bits per heavy atom. The second-order valence-electron chi connectivity index (χ2n) is 4.31. The number of aliphatic hydroxyl groups excluding tert-OH is 1. The van der Waals surface area contributed by atoms with Gasteiger partial charge in [-0.15, -0.1) is 11.3 Å². The molecule has 20 heavy (non-hydrogen) atoms. The molecule has 0 bridgehead atoms. The predicted octanol–water partition coefficient (Wildman–Crippen LogP) is 3.37. The Morgan fingerprint density at radius 3 is 2.75 bits per heavy atom. The third kappa shape index (κ3) is 2.82. The summed E-state index contributed by atoms with van der Waals surface area (Å²) in [5, 5.41) is 20.8. The van der Waals surface area contributed by atoms with Crippen LogP contribution in [0.2, 0.25) is 0 Å². The minimum absolute atomic E-state index is 0.533. The number of para-hydroxylation sites is 1. The van der Waals surface area contributed by atoms with Gasteiger partial charge in [-0.05, 0) is 39.5 Å². The second kappa shape index (κ2) is 5.87. The zero-order valence-electron chi connectivity index (χ0n) is 10.5. The molecule has 4 nitrogen and oxygen atoms in total. The van der Waals surface area contributed by atoms with Crippen molar-refractivity contribution in [3.8, 4) is 5.69 Å². The lowest BCUT2D eigenvalue weighted by Gasteiger charge is -2.05. The van der Waals surface area contributed by atoms with Crippen molar-refractivity contribution >= 4 is 27.3 Å². The van der Waals surface area contributed by atoms with Gasteiger partial charge < -0.3 is 5.11 Å². The van der Waals surface area contributed by atoms with Crippen LogP contribution in [-0.2, 0) is 6.42 Å². The zero-order chi connectivity index (χ0) is 13.9. The zero-order valence-corrected chi connectivity index (χ0v) is 12.9. The molecule has 6 heteroatoms. The fourth-order valence-corrected chi connectivity index (χ4v) is 3.42. The smallest absolute Gasteiger partial charge is 0.112 e. The maximum absolute atomic E-state index is 10.2. The van der Waals surface area contributed by atoms with Gasteiger partial charge in [0.25, 0.3) is 0 Å². The molecule has 3 aromatic rings. The van der Waals surface area contributed by atoms with Crippen LogP contribution in [0.3, 0.4) is 0 Å². The molecule has 102 valence electrons. The number of hydrogen-bond acceptors (Lipinski definition) is 4. The summed E-state index contributed by atoms with van der Waals surface area (Å²) in [5.41, 5.74) is 1.46. The highest BCUT2D eigenvalue weighted by Crippen LogP contribution is 2.27. The molecular weight excluding hydrogens is 338 g/mol. The highest BCUT2D eigenvalue weighted by Gasteiger charge is 2.15. The van der Waals surface area contributed by atoms with Crippen LogP contribution >= 0.6 is 27.3 Å². The number of halogens is 1. The van der Waals surface area contributed by atoms with E-state index in [1.54, 1.807) is 17.5 Å². The summed E-state index contributed by atoms with van der Waals surface area (Å²) in [6.45, 7) is 0. The molecule has 2 aromatic heterocycles. The van der Waals surface area contributed by atoms with Crippen LogP contribution < -0.4 is 0 Å². The van der Waals surface area contributed by atoms with Crippen LogP contribution in [0, 0.1) is 0 Å². The molecule has 2 heterocycles. The van der Waals surface area contributed by atoms with Crippen molar-refractivity contribution in [2.45, 2.75) is 12.5 Å². The van der Waals surface area contributed by atoms with E-state index >= 15 is 0 Å². The topological polar surface area (TPSA) is 50.9 Å². The lowest BCUT2D eigenvalue weighted by atomic mass is 10.2. The number of hydrogen-bond donors (Lipinski definition) is 1. The van der Waals surface area contributed by atoms with Crippen molar-refractivity contribution in [2.75, 3.05) is 0 Å². The lowest BCUT2D eigenvalue weighted by Crippen LogP contribution is -2.04. The number of nitrogens with zero attached hydrogens (tertiary/aromatic N) is 3. The van der Waals surface area contributed by atoms with Crippen LogP contribution in [0.1, 0.15) is 16.7 Å². The molecule has 1 unspecified atom stereocenters. The van der Waals surface area contributed by atoms with E-state index in [0.717, 1.165) is 15.0 Å². The summed E-state index contributed by atoms with van der Waals surface area (Å²) in [6.07, 6.45) is 1.49. The predicted molar refractivity (Wildman–Crippen MR) is 82.0 cm³/mol. The fraction of sp³-hybridized carbons (Fsp3) is 0.143. The van der Waals surface area contributed by atoms with E-state index in [9.17, 15) is 5.11 Å². The largest absolute Gasteiger partial charge is 0.386 e. The van der Waals surface area contributed by atoms with E-state index in [1.807, 2.05) is 41.8 Å². The first kappa shape index (κ1) is 13.5. The Hall–Kier alpha value is -1.50. The fourth-order valence-electron chi connectivity index (χ4n) is 1.86. The van der Waals surface area contributed by atoms with Crippen LogP contribution in [0.25, 0.3) is 5.69 Å². The summed E-state index contributed by atoms with van der Waals surface area (Å²) in [5.74, 6) is 0. The van der Waals surface area contributed by atoms with E-state index in [1.165, 1.54) is 4.80 Å². The molecule has 3 rings (SSSR count). The van der Waals surface area contributed by atoms with E-state index < -0.39 is 6.10 Å². The first-order chi connectivity index (χ1) is 9.74. The molecule has 1 atom stereocenters. The summed E-state index contributed by atoms with van der Waals surface area (Å²) in [7, 11) is 0. The van der Waals surface area contributed by atoms with Crippen LogP contribution in [0.4, 0.5) is 0 Å². The van der Waals surface area contributed by atoms with Gasteiger partial charge in [0, 0.05) is 15.8 Å². The Balaban J connectivity index is 1.78. The van der Waals surface area contributed by atoms with Gasteiger partial charge in [-0.2, -0.15) is 15.0 Å². The highest BCUT2D eigenvalue weighted by atomic mass is 79.9. The van der Waals surface area contributed by atoms with Gasteiger partial charge in [0.15, 0.2) is 0 Å². The monoisotopic (exact) mass is 349 g/mol. The lowest BCUT2D eigenvalue weighted by molar-refractivity contribution is 0.174. The average Bonchev–Trinajstić information content (AvgIpc) is 3.10. The van der Waals surface area contributed by atoms with Gasteiger partial charge in [0.2, 0.25) is 0 Å². The van der Waals surface area contributed by atoms with Gasteiger partial charge in [0.05, 0.1) is 11.9 Å². The van der Waals surface area contributed by atoms with Crippen molar-refractivity contribution in [1.29, 1.82) is 0 Å². The number of aliphatic hydroxyl groups is 1. The van der Waals surface area contributed by atoms with Gasteiger partial charge in [-0.25, -0.2) is 0 Å². The number of benzene rings is 1. The molecule has 0 amide bonds. The van der Waals surface area contributed by atoms with E-state index in [0.29, 0.717) is 12.1 Å². The Bertz CT molecular complexity index is 695. The van der Waals surface area contributed by atoms with Gasteiger partial charge in [-0.3, -0.25) is 0 Å². The molecule has 0 radical (unpaired) electrons. The van der Waals surface area contributed by atoms with Crippen molar-refractivity contribution in [2.24, 2.45) is 0 Å². The normalized spacial score (nSPS) is 12.5. The Labute approximate surface area is 128 Å². The average molecular weight is 350 g/mol. The summed E-state index contributed by atoms with van der Waals surface area (Å²) >= 11 is 5.08. The van der Waals surface area contributed by atoms with Crippen LogP contribution in [0.15, 0.2) is 52.4 Å². The molecule has 0 fully saturated rings. The maximum atomic E-state index is 10.2. The van der Waals surface area contributed by atoms with Gasteiger partial charge in [-0.1, -0.05) is 18.2 Å². The van der Waals surface area contributed by atoms with Crippen molar-refractivity contribution < 1.29 is 5.11 Å². The molecule has 0 aliphatic carbocycles. The molecule has 1 aromatic carbocycles. The third-order valence-electron chi connectivity index (χ3n) is 2.91. The SMILES string of the molecule is OC(Cc1sccc1Br)c1cnn(-c2ccccc2)n1. The van der Waals surface area contributed by atoms with Crippen molar-refractivity contribution in [1.82, 2.24) is 15.0 Å². The molecule has 0 spiro atoms.